The molecule has 0 spiro atoms. The number of fused-ring (bicyclic) bond motifs is 1. The Kier molecular flexibility index (Phi) is 5.63. The van der Waals surface area contributed by atoms with Crippen molar-refractivity contribution in [1.82, 2.24) is 9.97 Å². The highest BCUT2D eigenvalue weighted by molar-refractivity contribution is 7.93. The highest BCUT2D eigenvalue weighted by atomic mass is 32.2. The first-order valence-electron chi connectivity index (χ1n) is 10.4. The molecule has 2 aromatic carbocycles. The van der Waals surface area contributed by atoms with Crippen LogP contribution in [0.2, 0.25) is 0 Å². The van der Waals surface area contributed by atoms with Crippen molar-refractivity contribution in [3.63, 3.8) is 0 Å². The van der Waals surface area contributed by atoms with Gasteiger partial charge in [0.15, 0.2) is 6.10 Å². The van der Waals surface area contributed by atoms with Crippen LogP contribution in [0.25, 0.3) is 10.9 Å². The molecule has 0 amide bonds. The molecule has 1 saturated heterocycles. The molecule has 1 unspecified atom stereocenters. The predicted octanol–water partition coefficient (Wildman–Crippen LogP) is 3.68. The van der Waals surface area contributed by atoms with Crippen LogP contribution in [0, 0.1) is 11.6 Å². The number of anilines is 2. The van der Waals surface area contributed by atoms with Gasteiger partial charge in [0.25, 0.3) is 0 Å². The van der Waals surface area contributed by atoms with E-state index in [1.165, 1.54) is 30.6 Å². The van der Waals surface area contributed by atoms with Gasteiger partial charge in [0.1, 0.15) is 35.6 Å². The number of aliphatic hydroxyl groups is 1. The van der Waals surface area contributed by atoms with Crippen molar-refractivity contribution >= 4 is 37.8 Å². The van der Waals surface area contributed by atoms with Crippen molar-refractivity contribution in [2.24, 2.45) is 4.36 Å². The number of benzene rings is 2. The van der Waals surface area contributed by atoms with Gasteiger partial charge in [0.2, 0.25) is 0 Å². The molecule has 11 heteroatoms. The van der Waals surface area contributed by atoms with Crippen LogP contribution in [0.15, 0.2) is 41.0 Å². The van der Waals surface area contributed by atoms with E-state index in [0.717, 1.165) is 12.8 Å². The van der Waals surface area contributed by atoms with Crippen molar-refractivity contribution in [1.29, 1.82) is 0 Å². The van der Waals surface area contributed by atoms with Crippen LogP contribution in [-0.2, 0) is 14.5 Å². The monoisotopic (exact) mass is 476 g/mol. The van der Waals surface area contributed by atoms with Gasteiger partial charge in [-0.15, -0.1) is 0 Å². The lowest BCUT2D eigenvalue weighted by molar-refractivity contribution is 0.0736. The van der Waals surface area contributed by atoms with E-state index in [9.17, 15) is 13.7 Å². The minimum Gasteiger partial charge on any atom is -0.483 e. The Morgan fingerprint density at radius 1 is 1.21 bits per heavy atom. The third-order valence-corrected chi connectivity index (χ3v) is 7.86. The first kappa shape index (κ1) is 21.9. The summed E-state index contributed by atoms with van der Waals surface area (Å²) >= 11 is 0. The number of hydrogen-bond acceptors (Lipinski definition) is 8. The van der Waals surface area contributed by atoms with E-state index in [1.807, 2.05) is 0 Å². The van der Waals surface area contributed by atoms with Gasteiger partial charge in [0.05, 0.1) is 45.2 Å². The summed E-state index contributed by atoms with van der Waals surface area (Å²) in [4.78, 5) is 8.28. The quantitative estimate of drug-likeness (QED) is 0.559. The second-order valence-corrected chi connectivity index (χ2v) is 10.8. The summed E-state index contributed by atoms with van der Waals surface area (Å²) in [7, 11) is -2.44. The molecule has 1 saturated carbocycles. The predicted molar refractivity (Wildman–Crippen MR) is 120 cm³/mol. The molecular formula is C22H22F2N4O4S. The fourth-order valence-electron chi connectivity index (χ4n) is 3.69. The maximum Gasteiger partial charge on any atom is 0.150 e. The Hall–Kier alpha value is -2.89. The molecule has 2 heterocycles. The summed E-state index contributed by atoms with van der Waals surface area (Å²) in [5.41, 5.74) is 0.862. The van der Waals surface area contributed by atoms with Crippen molar-refractivity contribution < 1.29 is 27.6 Å². The van der Waals surface area contributed by atoms with E-state index in [4.69, 9.17) is 9.47 Å². The maximum absolute atomic E-state index is 15.1. The van der Waals surface area contributed by atoms with Crippen LogP contribution in [0.3, 0.4) is 0 Å². The van der Waals surface area contributed by atoms with Gasteiger partial charge in [0, 0.05) is 23.6 Å². The number of aromatic nitrogens is 2. The standard InChI is InChI=1S/C22H22F2N4O4S/c1-33(30,14-3-4-14)28-13-7-15(24)21-17(8-13)25-11-26-22(21)27-16-5-2-12(23)6-19(16)32-20-10-31-9-18(20)29/h2,5-8,11,14,18,20,29H,3-4,9-10H2,1H3,(H,25,26,27)/t18-,20-,33?/m0/s1. The van der Waals surface area contributed by atoms with E-state index in [1.54, 1.807) is 12.3 Å². The highest BCUT2D eigenvalue weighted by Crippen LogP contribution is 2.36. The number of hydrogen-bond donors (Lipinski definition) is 2. The Labute approximate surface area is 189 Å². The maximum atomic E-state index is 15.1. The van der Waals surface area contributed by atoms with E-state index in [-0.39, 0.29) is 46.6 Å². The summed E-state index contributed by atoms with van der Waals surface area (Å²) < 4.78 is 56.9. The van der Waals surface area contributed by atoms with Gasteiger partial charge >= 0.3 is 0 Å². The normalized spacial score (nSPS) is 22.2. The van der Waals surface area contributed by atoms with E-state index in [0.29, 0.717) is 5.69 Å². The number of aliphatic hydroxyl groups excluding tert-OH is 1. The zero-order valence-electron chi connectivity index (χ0n) is 17.7. The second kappa shape index (κ2) is 8.47. The SMILES string of the molecule is CS(=O)(=Nc1cc(F)c2c(Nc3ccc(F)cc3O[C@H]3COC[C@@H]3O)ncnc2c1)C1CC1. The first-order chi connectivity index (χ1) is 15.8. The summed E-state index contributed by atoms with van der Waals surface area (Å²) in [5.74, 6) is -0.904. The minimum absolute atomic E-state index is 0.0413. The number of nitrogens with zero attached hydrogens (tertiary/aromatic N) is 3. The third-order valence-electron chi connectivity index (χ3n) is 5.58. The molecule has 8 nitrogen and oxygen atoms in total. The molecule has 0 radical (unpaired) electrons. The fourth-order valence-corrected chi connectivity index (χ4v) is 5.37. The Morgan fingerprint density at radius 3 is 2.76 bits per heavy atom. The molecule has 1 aliphatic carbocycles. The lowest BCUT2D eigenvalue weighted by Crippen LogP contribution is -2.30. The largest absolute Gasteiger partial charge is 0.483 e. The van der Waals surface area contributed by atoms with E-state index >= 15 is 4.39 Å². The number of rotatable bonds is 6. The molecule has 2 N–H and O–H groups in total. The molecule has 3 atom stereocenters. The zero-order valence-corrected chi connectivity index (χ0v) is 18.5. The van der Waals surface area contributed by atoms with Crippen LogP contribution in [0.1, 0.15) is 12.8 Å². The highest BCUT2D eigenvalue weighted by Gasteiger charge is 2.31. The van der Waals surface area contributed by atoms with Gasteiger partial charge in [-0.3, -0.25) is 0 Å². The topological polar surface area (TPSA) is 106 Å². The molecule has 2 aliphatic rings. The van der Waals surface area contributed by atoms with Gasteiger partial charge in [-0.25, -0.2) is 23.0 Å². The average molecular weight is 477 g/mol. The molecule has 1 aromatic heterocycles. The fraction of sp³-hybridized carbons (Fsp3) is 0.364. The zero-order chi connectivity index (χ0) is 23.2. The lowest BCUT2D eigenvalue weighted by Gasteiger charge is -2.19. The van der Waals surface area contributed by atoms with E-state index in [2.05, 4.69) is 19.6 Å². The van der Waals surface area contributed by atoms with Gasteiger partial charge in [-0.05, 0) is 31.0 Å². The number of halogens is 2. The molecule has 174 valence electrons. The van der Waals surface area contributed by atoms with Crippen molar-refractivity contribution in [3.05, 3.63) is 48.3 Å². The van der Waals surface area contributed by atoms with E-state index < -0.39 is 33.6 Å². The molecule has 2 fully saturated rings. The molecule has 0 bridgehead atoms. The van der Waals surface area contributed by atoms with Crippen molar-refractivity contribution in [3.8, 4) is 5.75 Å². The molecule has 3 aromatic rings. The van der Waals surface area contributed by atoms with Crippen molar-refractivity contribution in [2.45, 2.75) is 30.3 Å². The minimum atomic E-state index is -2.44. The van der Waals surface area contributed by atoms with Crippen LogP contribution in [0.4, 0.5) is 26.0 Å². The average Bonchev–Trinajstić information content (AvgIpc) is 3.54. The Balaban J connectivity index is 1.50. The molecule has 5 rings (SSSR count). The second-order valence-electron chi connectivity index (χ2n) is 8.22. The smallest absolute Gasteiger partial charge is 0.150 e. The number of ether oxygens (including phenoxy) is 2. The third kappa shape index (κ3) is 4.61. The van der Waals surface area contributed by atoms with Gasteiger partial charge in [-0.1, -0.05) is 0 Å². The number of nitrogens with one attached hydrogen (secondary N) is 1. The van der Waals surface area contributed by atoms with Gasteiger partial charge in [-0.2, -0.15) is 4.36 Å². The van der Waals surface area contributed by atoms with Crippen LogP contribution < -0.4 is 10.1 Å². The molecule has 1 aliphatic heterocycles. The van der Waals surface area contributed by atoms with Crippen LogP contribution in [-0.4, -0.2) is 56.2 Å². The van der Waals surface area contributed by atoms with Crippen LogP contribution in [0.5, 0.6) is 5.75 Å². The van der Waals surface area contributed by atoms with Crippen LogP contribution >= 0.6 is 0 Å². The first-order valence-corrected chi connectivity index (χ1v) is 12.4. The molecular weight excluding hydrogens is 454 g/mol. The Bertz CT molecular complexity index is 1340. The molecule has 33 heavy (non-hydrogen) atoms. The Morgan fingerprint density at radius 2 is 2.03 bits per heavy atom. The lowest BCUT2D eigenvalue weighted by atomic mass is 10.2. The summed E-state index contributed by atoms with van der Waals surface area (Å²) in [6.07, 6.45) is 3.06. The van der Waals surface area contributed by atoms with Crippen molar-refractivity contribution in [2.75, 3.05) is 24.8 Å². The summed E-state index contributed by atoms with van der Waals surface area (Å²) in [6.45, 7) is 0.290. The van der Waals surface area contributed by atoms with Gasteiger partial charge < -0.3 is 19.9 Å². The summed E-state index contributed by atoms with van der Waals surface area (Å²) in [6, 6.07) is 6.59. The summed E-state index contributed by atoms with van der Waals surface area (Å²) in [5, 5.41) is 13.1.